The van der Waals surface area contributed by atoms with E-state index in [4.69, 9.17) is 23.2 Å². The van der Waals surface area contributed by atoms with Gasteiger partial charge in [-0.25, -0.2) is 8.42 Å². The third-order valence-electron chi connectivity index (χ3n) is 4.57. The number of sulfonamides is 1. The minimum absolute atomic E-state index is 0.0704. The number of aryl methyl sites for hydroxylation is 1. The highest BCUT2D eigenvalue weighted by Gasteiger charge is 2.35. The van der Waals surface area contributed by atoms with Crippen LogP contribution in [0.3, 0.4) is 0 Å². The SMILES string of the molecule is CCN(c1ccccc1)S(=O)(=O)c1cc(-c2nn(C)c(C(F)(F)F)cc2=O)c(Cl)cc1Cl. The fourth-order valence-electron chi connectivity index (χ4n) is 3.10. The number of halogens is 5. The number of anilines is 1. The average molecular weight is 506 g/mol. The van der Waals surface area contributed by atoms with E-state index in [-0.39, 0.29) is 27.0 Å². The Kier molecular flexibility index (Phi) is 6.60. The zero-order chi connectivity index (χ0) is 23.8. The Balaban J connectivity index is 2.22. The third kappa shape index (κ3) is 4.48. The number of para-hydroxylation sites is 1. The maximum absolute atomic E-state index is 13.4. The van der Waals surface area contributed by atoms with Crippen molar-refractivity contribution in [1.82, 2.24) is 9.78 Å². The van der Waals surface area contributed by atoms with Gasteiger partial charge in [0.05, 0.1) is 15.7 Å². The van der Waals surface area contributed by atoms with Gasteiger partial charge in [0.2, 0.25) is 5.43 Å². The summed E-state index contributed by atoms with van der Waals surface area (Å²) >= 11 is 12.3. The molecule has 0 amide bonds. The average Bonchev–Trinajstić information content (AvgIpc) is 2.70. The van der Waals surface area contributed by atoms with Crippen molar-refractivity contribution in [2.45, 2.75) is 18.0 Å². The molecule has 0 unspecified atom stereocenters. The van der Waals surface area contributed by atoms with Crippen LogP contribution in [0.5, 0.6) is 0 Å². The smallest absolute Gasteiger partial charge is 0.287 e. The lowest BCUT2D eigenvalue weighted by Crippen LogP contribution is -2.31. The molecule has 0 bridgehead atoms. The molecule has 0 saturated heterocycles. The molecule has 3 rings (SSSR count). The molecule has 0 aliphatic rings. The highest BCUT2D eigenvalue weighted by atomic mass is 35.5. The highest BCUT2D eigenvalue weighted by Crippen LogP contribution is 2.36. The van der Waals surface area contributed by atoms with Gasteiger partial charge in [-0.3, -0.25) is 13.8 Å². The van der Waals surface area contributed by atoms with Crippen molar-refractivity contribution in [1.29, 1.82) is 0 Å². The largest absolute Gasteiger partial charge is 0.433 e. The van der Waals surface area contributed by atoms with Gasteiger partial charge >= 0.3 is 6.18 Å². The fraction of sp³-hybridized carbons (Fsp3) is 0.200. The molecule has 0 saturated carbocycles. The Morgan fingerprint density at radius 1 is 1.06 bits per heavy atom. The molecule has 1 heterocycles. The number of hydrogen-bond donors (Lipinski definition) is 0. The van der Waals surface area contributed by atoms with Crippen molar-refractivity contribution < 1.29 is 21.6 Å². The molecule has 0 N–H and O–H groups in total. The molecule has 0 atom stereocenters. The van der Waals surface area contributed by atoms with Crippen LogP contribution in [0.1, 0.15) is 12.6 Å². The number of alkyl halides is 3. The molecule has 170 valence electrons. The molecule has 0 aliphatic heterocycles. The fourth-order valence-corrected chi connectivity index (χ4v) is 5.42. The lowest BCUT2D eigenvalue weighted by atomic mass is 10.1. The van der Waals surface area contributed by atoms with E-state index in [1.165, 1.54) is 0 Å². The second kappa shape index (κ2) is 8.76. The molecule has 6 nitrogen and oxygen atoms in total. The molecular formula is C20H16Cl2F3N3O3S. The summed E-state index contributed by atoms with van der Waals surface area (Å²) in [5.74, 6) is 0. The first-order valence-corrected chi connectivity index (χ1v) is 11.3. The molecule has 12 heteroatoms. The summed E-state index contributed by atoms with van der Waals surface area (Å²) in [7, 11) is -3.20. The van der Waals surface area contributed by atoms with E-state index < -0.39 is 33.0 Å². The van der Waals surface area contributed by atoms with E-state index in [1.54, 1.807) is 37.3 Å². The summed E-state index contributed by atoms with van der Waals surface area (Å²) in [6.07, 6.45) is -4.80. The summed E-state index contributed by atoms with van der Waals surface area (Å²) in [6, 6.07) is 10.8. The molecular weight excluding hydrogens is 490 g/mol. The van der Waals surface area contributed by atoms with Crippen LogP contribution in [-0.2, 0) is 23.2 Å². The van der Waals surface area contributed by atoms with Crippen molar-refractivity contribution in [3.8, 4) is 11.3 Å². The zero-order valence-corrected chi connectivity index (χ0v) is 19.0. The predicted octanol–water partition coefficient (Wildman–Crippen LogP) is 4.99. The second-order valence-corrected chi connectivity index (χ2v) is 9.28. The number of rotatable bonds is 5. The van der Waals surface area contributed by atoms with E-state index in [0.29, 0.717) is 16.4 Å². The van der Waals surface area contributed by atoms with Crippen LogP contribution < -0.4 is 9.73 Å². The maximum Gasteiger partial charge on any atom is 0.433 e. The molecule has 32 heavy (non-hydrogen) atoms. The van der Waals surface area contributed by atoms with Crippen molar-refractivity contribution in [2.24, 2.45) is 7.05 Å². The highest BCUT2D eigenvalue weighted by molar-refractivity contribution is 7.93. The van der Waals surface area contributed by atoms with Crippen molar-refractivity contribution in [2.75, 3.05) is 10.8 Å². The Morgan fingerprint density at radius 2 is 1.69 bits per heavy atom. The van der Waals surface area contributed by atoms with E-state index in [2.05, 4.69) is 5.10 Å². The quantitative estimate of drug-likeness (QED) is 0.489. The summed E-state index contributed by atoms with van der Waals surface area (Å²) < 4.78 is 67.5. The minimum atomic E-state index is -4.80. The topological polar surface area (TPSA) is 72.3 Å². The monoisotopic (exact) mass is 505 g/mol. The van der Waals surface area contributed by atoms with Gasteiger partial charge in [0.1, 0.15) is 16.3 Å². The molecule has 0 aliphatic carbocycles. The first-order valence-electron chi connectivity index (χ1n) is 9.10. The number of hydrogen-bond acceptors (Lipinski definition) is 4. The van der Waals surface area contributed by atoms with Crippen LogP contribution in [0, 0.1) is 0 Å². The molecule has 3 aromatic rings. The second-order valence-electron chi connectivity index (χ2n) is 6.63. The zero-order valence-electron chi connectivity index (χ0n) is 16.7. The Hall–Kier alpha value is -2.56. The van der Waals surface area contributed by atoms with Crippen LogP contribution in [0.15, 0.2) is 58.2 Å². The standard InChI is InChI=1S/C20H16Cl2F3N3O3S/c1-3-28(12-7-5-4-6-8-12)32(30,31)17-9-13(14(21)10-15(17)22)19-16(29)11-18(20(23,24)25)27(2)26-19/h4-11H,3H2,1-2H3. The molecule has 0 fully saturated rings. The number of nitrogens with zero attached hydrogens (tertiary/aromatic N) is 3. The van der Waals surface area contributed by atoms with E-state index in [1.807, 2.05) is 0 Å². The molecule has 0 spiro atoms. The van der Waals surface area contributed by atoms with Crippen molar-refractivity contribution in [3.63, 3.8) is 0 Å². The van der Waals surface area contributed by atoms with Gasteiger partial charge in [0, 0.05) is 25.2 Å². The van der Waals surface area contributed by atoms with Crippen molar-refractivity contribution in [3.05, 3.63) is 74.5 Å². The summed E-state index contributed by atoms with van der Waals surface area (Å²) in [5, 5.41) is 3.35. The van der Waals surface area contributed by atoms with Gasteiger partial charge in [-0.1, -0.05) is 41.4 Å². The van der Waals surface area contributed by atoms with Crippen LogP contribution in [0.25, 0.3) is 11.3 Å². The Labute approximate surface area is 191 Å². The Morgan fingerprint density at radius 3 is 2.25 bits per heavy atom. The van der Waals surface area contributed by atoms with Gasteiger partial charge in [-0.05, 0) is 31.2 Å². The maximum atomic E-state index is 13.4. The van der Waals surface area contributed by atoms with Crippen LogP contribution in [0.4, 0.5) is 18.9 Å². The molecule has 1 aromatic heterocycles. The summed E-state index contributed by atoms with van der Waals surface area (Å²) in [5.41, 5.74) is -2.55. The normalized spacial score (nSPS) is 12.1. The first kappa shape index (κ1) is 24.1. The van der Waals surface area contributed by atoms with Gasteiger partial charge < -0.3 is 0 Å². The van der Waals surface area contributed by atoms with Crippen LogP contribution in [0.2, 0.25) is 10.0 Å². The Bertz CT molecular complexity index is 1330. The van der Waals surface area contributed by atoms with Crippen molar-refractivity contribution >= 4 is 38.9 Å². The van der Waals surface area contributed by atoms with Gasteiger partial charge in [-0.15, -0.1) is 0 Å². The van der Waals surface area contributed by atoms with Gasteiger partial charge in [0.25, 0.3) is 10.0 Å². The third-order valence-corrected chi connectivity index (χ3v) is 7.25. The van der Waals surface area contributed by atoms with Gasteiger partial charge in [0.15, 0.2) is 0 Å². The first-order chi connectivity index (χ1) is 14.9. The van der Waals surface area contributed by atoms with Gasteiger partial charge in [-0.2, -0.15) is 18.3 Å². The van der Waals surface area contributed by atoms with E-state index >= 15 is 0 Å². The lowest BCUT2D eigenvalue weighted by molar-refractivity contribution is -0.144. The number of benzene rings is 2. The molecule has 2 aromatic carbocycles. The minimum Gasteiger partial charge on any atom is -0.287 e. The summed E-state index contributed by atoms with van der Waals surface area (Å²) in [4.78, 5) is 12.1. The van der Waals surface area contributed by atoms with E-state index in [0.717, 1.165) is 23.5 Å². The van der Waals surface area contributed by atoms with Crippen LogP contribution >= 0.6 is 23.2 Å². The summed E-state index contributed by atoms with van der Waals surface area (Å²) in [6.45, 7) is 1.70. The molecule has 0 radical (unpaired) electrons. The van der Waals surface area contributed by atoms with E-state index in [9.17, 15) is 26.4 Å². The predicted molar refractivity (Wildman–Crippen MR) is 117 cm³/mol. The van der Waals surface area contributed by atoms with Crippen LogP contribution in [-0.4, -0.2) is 24.7 Å². The lowest BCUT2D eigenvalue weighted by Gasteiger charge is -2.24. The number of aromatic nitrogens is 2.